The fraction of sp³-hybridized carbons (Fsp3) is 0.714. The van der Waals surface area contributed by atoms with Crippen molar-refractivity contribution < 1.29 is 4.74 Å². The lowest BCUT2D eigenvalue weighted by Gasteiger charge is -2.06. The summed E-state index contributed by atoms with van der Waals surface area (Å²) in [6, 6.07) is 0. The lowest BCUT2D eigenvalue weighted by atomic mass is 10.00. The van der Waals surface area contributed by atoms with Gasteiger partial charge in [0.05, 0.1) is 6.61 Å². The van der Waals surface area contributed by atoms with Crippen LogP contribution in [0, 0.1) is 5.92 Å². The molecule has 1 aliphatic rings. The summed E-state index contributed by atoms with van der Waals surface area (Å²) in [5, 5.41) is 0. The van der Waals surface area contributed by atoms with Gasteiger partial charge in [-0.3, -0.25) is 0 Å². The van der Waals surface area contributed by atoms with Crippen molar-refractivity contribution in [3.8, 4) is 0 Å². The molecule has 1 fully saturated rings. The van der Waals surface area contributed by atoms with Gasteiger partial charge in [0.2, 0.25) is 0 Å². The van der Waals surface area contributed by atoms with E-state index in [0.717, 1.165) is 12.5 Å². The zero-order valence-electron chi connectivity index (χ0n) is 10.5. The fourth-order valence-corrected chi connectivity index (χ4v) is 1.53. The van der Waals surface area contributed by atoms with Gasteiger partial charge < -0.3 is 4.74 Å². The van der Waals surface area contributed by atoms with E-state index in [4.69, 9.17) is 4.74 Å². The summed E-state index contributed by atoms with van der Waals surface area (Å²) in [6.07, 6.45) is 10.5. The second-order valence-corrected chi connectivity index (χ2v) is 5.20. The van der Waals surface area contributed by atoms with Gasteiger partial charge in [0.1, 0.15) is 5.60 Å². The number of allylic oxidation sites excluding steroid dienone is 3. The van der Waals surface area contributed by atoms with Crippen LogP contribution >= 0.6 is 0 Å². The van der Waals surface area contributed by atoms with E-state index in [-0.39, 0.29) is 5.60 Å². The molecule has 86 valence electrons. The molecule has 0 radical (unpaired) electrons. The zero-order valence-corrected chi connectivity index (χ0v) is 10.5. The van der Waals surface area contributed by atoms with Gasteiger partial charge in [-0.05, 0) is 46.0 Å². The quantitative estimate of drug-likeness (QED) is 0.473. The Balaban J connectivity index is 2.10. The molecule has 0 bridgehead atoms. The molecule has 1 saturated heterocycles. The van der Waals surface area contributed by atoms with Crippen LogP contribution in [0.1, 0.15) is 47.0 Å². The third-order valence-corrected chi connectivity index (χ3v) is 2.82. The Kier molecular flexibility index (Phi) is 4.59. The van der Waals surface area contributed by atoms with Gasteiger partial charge in [-0.1, -0.05) is 30.7 Å². The van der Waals surface area contributed by atoms with E-state index in [1.165, 1.54) is 24.8 Å². The van der Waals surface area contributed by atoms with Gasteiger partial charge in [0.15, 0.2) is 0 Å². The van der Waals surface area contributed by atoms with Crippen LogP contribution in [0.5, 0.6) is 0 Å². The molecule has 0 aliphatic carbocycles. The molecule has 1 aliphatic heterocycles. The summed E-state index contributed by atoms with van der Waals surface area (Å²) >= 11 is 0. The van der Waals surface area contributed by atoms with Crippen molar-refractivity contribution in [2.45, 2.75) is 52.6 Å². The molecule has 1 heteroatoms. The van der Waals surface area contributed by atoms with E-state index >= 15 is 0 Å². The molecular weight excluding hydrogens is 184 g/mol. The van der Waals surface area contributed by atoms with Crippen LogP contribution in [0.15, 0.2) is 23.8 Å². The number of rotatable bonds is 6. The van der Waals surface area contributed by atoms with Crippen molar-refractivity contribution in [3.63, 3.8) is 0 Å². The standard InChI is InChI=1S/C14H24O/c1-12(2)7-5-8-13(3)9-6-10-14(4)11-15-14/h6-7,10,13H,5,8-9,11H2,1-4H3/b10-6+/t13-,14?/m1/s1. The molecular formula is C14H24O. The average molecular weight is 208 g/mol. The summed E-state index contributed by atoms with van der Waals surface area (Å²) in [5.41, 5.74) is 1.51. The average Bonchev–Trinajstić information content (AvgIpc) is 2.83. The molecule has 0 aromatic carbocycles. The zero-order chi connectivity index (χ0) is 11.3. The first kappa shape index (κ1) is 12.5. The lowest BCUT2D eigenvalue weighted by molar-refractivity contribution is 0.369. The SMILES string of the molecule is CC(C)=CCC[C@@H](C)C/C=C/C1(C)CO1. The Morgan fingerprint density at radius 1 is 1.47 bits per heavy atom. The van der Waals surface area contributed by atoms with Gasteiger partial charge in [-0.2, -0.15) is 0 Å². The molecule has 1 nitrogen and oxygen atoms in total. The Bertz CT molecular complexity index is 242. The van der Waals surface area contributed by atoms with Gasteiger partial charge >= 0.3 is 0 Å². The second-order valence-electron chi connectivity index (χ2n) is 5.20. The Morgan fingerprint density at radius 2 is 2.13 bits per heavy atom. The summed E-state index contributed by atoms with van der Waals surface area (Å²) in [7, 11) is 0. The Labute approximate surface area is 94.2 Å². The molecule has 0 saturated carbocycles. The molecule has 0 aromatic rings. The summed E-state index contributed by atoms with van der Waals surface area (Å²) in [5.74, 6) is 0.777. The molecule has 15 heavy (non-hydrogen) atoms. The molecule has 1 heterocycles. The number of epoxide rings is 1. The van der Waals surface area contributed by atoms with Gasteiger partial charge in [0.25, 0.3) is 0 Å². The van der Waals surface area contributed by atoms with Crippen LogP contribution in [0.3, 0.4) is 0 Å². The minimum atomic E-state index is 0.0830. The van der Waals surface area contributed by atoms with Crippen LogP contribution in [0.25, 0.3) is 0 Å². The number of hydrogen-bond acceptors (Lipinski definition) is 1. The van der Waals surface area contributed by atoms with E-state index in [9.17, 15) is 0 Å². The minimum absolute atomic E-state index is 0.0830. The van der Waals surface area contributed by atoms with Crippen LogP contribution in [-0.4, -0.2) is 12.2 Å². The van der Waals surface area contributed by atoms with Gasteiger partial charge in [-0.25, -0.2) is 0 Å². The maximum absolute atomic E-state index is 5.29. The smallest absolute Gasteiger partial charge is 0.107 e. The van der Waals surface area contributed by atoms with Crippen LogP contribution in [-0.2, 0) is 4.74 Å². The molecule has 2 atom stereocenters. The number of ether oxygens (including phenoxy) is 1. The van der Waals surface area contributed by atoms with Crippen molar-refractivity contribution >= 4 is 0 Å². The summed E-state index contributed by atoms with van der Waals surface area (Å²) in [4.78, 5) is 0. The van der Waals surface area contributed by atoms with Crippen molar-refractivity contribution in [2.75, 3.05) is 6.61 Å². The first-order valence-electron chi connectivity index (χ1n) is 5.97. The van der Waals surface area contributed by atoms with E-state index in [1.54, 1.807) is 0 Å². The highest BCUT2D eigenvalue weighted by Crippen LogP contribution is 2.27. The van der Waals surface area contributed by atoms with E-state index in [2.05, 4.69) is 45.9 Å². The first-order chi connectivity index (χ1) is 7.02. The molecule has 0 amide bonds. The predicted molar refractivity (Wildman–Crippen MR) is 65.9 cm³/mol. The first-order valence-corrected chi connectivity index (χ1v) is 5.97. The molecule has 0 aromatic heterocycles. The predicted octanol–water partition coefficient (Wildman–Crippen LogP) is 4.10. The van der Waals surface area contributed by atoms with E-state index < -0.39 is 0 Å². The third kappa shape index (κ3) is 5.78. The number of hydrogen-bond donors (Lipinski definition) is 0. The lowest BCUT2D eigenvalue weighted by Crippen LogP contribution is -1.98. The van der Waals surface area contributed by atoms with E-state index in [1.807, 2.05) is 0 Å². The Hall–Kier alpha value is -0.560. The second kappa shape index (κ2) is 5.50. The highest BCUT2D eigenvalue weighted by Gasteiger charge is 2.35. The van der Waals surface area contributed by atoms with Crippen molar-refractivity contribution in [1.29, 1.82) is 0 Å². The topological polar surface area (TPSA) is 12.5 Å². The van der Waals surface area contributed by atoms with Crippen molar-refractivity contribution in [2.24, 2.45) is 5.92 Å². The van der Waals surface area contributed by atoms with Gasteiger partial charge in [-0.15, -0.1) is 0 Å². The van der Waals surface area contributed by atoms with Crippen LogP contribution in [0.4, 0.5) is 0 Å². The normalized spacial score (nSPS) is 26.7. The maximum Gasteiger partial charge on any atom is 0.107 e. The largest absolute Gasteiger partial charge is 0.365 e. The van der Waals surface area contributed by atoms with E-state index in [0.29, 0.717) is 0 Å². The molecule has 0 N–H and O–H groups in total. The summed E-state index contributed by atoms with van der Waals surface area (Å²) < 4.78 is 5.29. The maximum atomic E-state index is 5.29. The van der Waals surface area contributed by atoms with Gasteiger partial charge in [0, 0.05) is 0 Å². The van der Waals surface area contributed by atoms with Crippen LogP contribution < -0.4 is 0 Å². The van der Waals surface area contributed by atoms with Crippen LogP contribution in [0.2, 0.25) is 0 Å². The highest BCUT2D eigenvalue weighted by atomic mass is 16.6. The van der Waals surface area contributed by atoms with Crippen molar-refractivity contribution in [1.82, 2.24) is 0 Å². The summed E-state index contributed by atoms with van der Waals surface area (Å²) in [6.45, 7) is 9.68. The fourth-order valence-electron chi connectivity index (χ4n) is 1.53. The van der Waals surface area contributed by atoms with Crippen molar-refractivity contribution in [3.05, 3.63) is 23.8 Å². The molecule has 1 rings (SSSR count). The minimum Gasteiger partial charge on any atom is -0.365 e. The molecule has 0 spiro atoms. The molecule has 1 unspecified atom stereocenters. The monoisotopic (exact) mass is 208 g/mol. The Morgan fingerprint density at radius 3 is 2.67 bits per heavy atom. The highest BCUT2D eigenvalue weighted by molar-refractivity contribution is 5.07. The third-order valence-electron chi connectivity index (χ3n) is 2.82.